The molecule has 0 saturated carbocycles. The second kappa shape index (κ2) is 10.1. The molecule has 0 aliphatic carbocycles. The van der Waals surface area contributed by atoms with Crippen LogP contribution < -0.4 is 5.32 Å². The maximum atomic E-state index is 12.0. The lowest BCUT2D eigenvalue weighted by atomic mass is 10.2. The Morgan fingerprint density at radius 1 is 1.08 bits per heavy atom. The van der Waals surface area contributed by atoms with Crippen LogP contribution in [0.5, 0.6) is 0 Å². The van der Waals surface area contributed by atoms with Crippen LogP contribution >= 0.6 is 23.4 Å². The molecule has 0 aliphatic rings. The van der Waals surface area contributed by atoms with Gasteiger partial charge in [-0.25, -0.2) is 4.79 Å². The Labute approximate surface area is 156 Å². The summed E-state index contributed by atoms with van der Waals surface area (Å²) in [5.41, 5.74) is 1.14. The van der Waals surface area contributed by atoms with Crippen LogP contribution in [0.3, 0.4) is 0 Å². The molecule has 0 unspecified atom stereocenters. The molecule has 0 saturated heterocycles. The van der Waals surface area contributed by atoms with Crippen LogP contribution in [-0.4, -0.2) is 24.2 Å². The van der Waals surface area contributed by atoms with Gasteiger partial charge in [0.25, 0.3) is 0 Å². The highest BCUT2D eigenvalue weighted by atomic mass is 35.5. The number of hydrogen-bond donors (Lipinski definition) is 1. The monoisotopic (exact) mass is 377 g/mol. The van der Waals surface area contributed by atoms with Crippen molar-refractivity contribution < 1.29 is 14.3 Å². The minimum atomic E-state index is -0.348. The molecule has 2 aromatic rings. The second-order valence-corrected chi connectivity index (χ2v) is 6.92. The number of anilines is 1. The molecule has 0 aromatic heterocycles. The molecule has 0 heterocycles. The van der Waals surface area contributed by atoms with Crippen molar-refractivity contribution in [2.45, 2.75) is 24.7 Å². The van der Waals surface area contributed by atoms with Crippen molar-refractivity contribution in [1.82, 2.24) is 0 Å². The van der Waals surface area contributed by atoms with Gasteiger partial charge in [-0.2, -0.15) is 0 Å². The predicted octanol–water partition coefficient (Wildman–Crippen LogP) is 5.03. The van der Waals surface area contributed by atoms with Gasteiger partial charge < -0.3 is 10.1 Å². The minimum Gasteiger partial charge on any atom is -0.462 e. The molecule has 132 valence electrons. The van der Waals surface area contributed by atoms with Crippen molar-refractivity contribution in [3.05, 3.63) is 59.1 Å². The SMILES string of the molecule is CCCOC(=O)c1ccc(NC(=O)CCSc2ccc(Cl)cc2)cc1. The van der Waals surface area contributed by atoms with Crippen LogP contribution in [-0.2, 0) is 9.53 Å². The number of esters is 1. The summed E-state index contributed by atoms with van der Waals surface area (Å²) in [6, 6.07) is 14.2. The molecular formula is C19H20ClNO3S. The molecule has 0 fully saturated rings. The summed E-state index contributed by atoms with van der Waals surface area (Å²) in [6.45, 7) is 2.35. The number of carbonyl (C=O) groups is 2. The third-order valence-electron chi connectivity index (χ3n) is 3.25. The van der Waals surface area contributed by atoms with E-state index in [1.54, 1.807) is 36.0 Å². The van der Waals surface area contributed by atoms with Crippen LogP contribution in [0.25, 0.3) is 0 Å². The van der Waals surface area contributed by atoms with Gasteiger partial charge in [-0.1, -0.05) is 18.5 Å². The van der Waals surface area contributed by atoms with Gasteiger partial charge in [0, 0.05) is 27.8 Å². The van der Waals surface area contributed by atoms with Crippen molar-refractivity contribution in [2.24, 2.45) is 0 Å². The summed E-state index contributed by atoms with van der Waals surface area (Å²) in [5, 5.41) is 3.52. The van der Waals surface area contributed by atoms with E-state index in [1.807, 2.05) is 31.2 Å². The highest BCUT2D eigenvalue weighted by Gasteiger charge is 2.08. The predicted molar refractivity (Wildman–Crippen MR) is 102 cm³/mol. The van der Waals surface area contributed by atoms with Crippen molar-refractivity contribution in [3.8, 4) is 0 Å². The average Bonchev–Trinajstić information content (AvgIpc) is 2.62. The fourth-order valence-electron chi connectivity index (χ4n) is 1.98. The number of rotatable bonds is 8. The van der Waals surface area contributed by atoms with Gasteiger partial charge in [0.2, 0.25) is 5.91 Å². The van der Waals surface area contributed by atoms with E-state index in [2.05, 4.69) is 5.32 Å². The Bertz CT molecular complexity index is 702. The normalized spacial score (nSPS) is 10.3. The van der Waals surface area contributed by atoms with Gasteiger partial charge in [0.05, 0.1) is 12.2 Å². The van der Waals surface area contributed by atoms with Gasteiger partial charge >= 0.3 is 5.97 Å². The summed E-state index contributed by atoms with van der Waals surface area (Å²) >= 11 is 7.44. The lowest BCUT2D eigenvalue weighted by Gasteiger charge is -2.07. The first-order valence-electron chi connectivity index (χ1n) is 8.04. The molecule has 25 heavy (non-hydrogen) atoms. The molecule has 0 aliphatic heterocycles. The maximum Gasteiger partial charge on any atom is 0.338 e. The molecule has 2 aromatic carbocycles. The van der Waals surface area contributed by atoms with Gasteiger partial charge in [-0.15, -0.1) is 11.8 Å². The number of ether oxygens (including phenoxy) is 1. The van der Waals surface area contributed by atoms with Gasteiger partial charge in [0.15, 0.2) is 0 Å². The Morgan fingerprint density at radius 2 is 1.76 bits per heavy atom. The standard InChI is InChI=1S/C19H20ClNO3S/c1-2-12-24-19(23)14-3-7-16(8-4-14)21-18(22)11-13-25-17-9-5-15(20)6-10-17/h3-10H,2,11-13H2,1H3,(H,21,22). The number of halogens is 1. The Hall–Kier alpha value is -1.98. The average molecular weight is 378 g/mol. The molecular weight excluding hydrogens is 358 g/mol. The van der Waals surface area contributed by atoms with Crippen LogP contribution in [0.1, 0.15) is 30.1 Å². The van der Waals surface area contributed by atoms with E-state index < -0.39 is 0 Å². The topological polar surface area (TPSA) is 55.4 Å². The molecule has 2 rings (SSSR count). The van der Waals surface area contributed by atoms with Crippen molar-refractivity contribution >= 4 is 40.9 Å². The minimum absolute atomic E-state index is 0.0669. The Morgan fingerprint density at radius 3 is 2.40 bits per heavy atom. The van der Waals surface area contributed by atoms with E-state index >= 15 is 0 Å². The zero-order chi connectivity index (χ0) is 18.1. The van der Waals surface area contributed by atoms with Crippen LogP contribution in [0.15, 0.2) is 53.4 Å². The zero-order valence-electron chi connectivity index (χ0n) is 14.0. The highest BCUT2D eigenvalue weighted by molar-refractivity contribution is 7.99. The lowest BCUT2D eigenvalue weighted by Crippen LogP contribution is -2.12. The molecule has 1 amide bonds. The molecule has 4 nitrogen and oxygen atoms in total. The first-order chi connectivity index (χ1) is 12.1. The fourth-order valence-corrected chi connectivity index (χ4v) is 2.96. The van der Waals surface area contributed by atoms with E-state index in [0.717, 1.165) is 11.3 Å². The van der Waals surface area contributed by atoms with E-state index in [4.69, 9.17) is 16.3 Å². The summed E-state index contributed by atoms with van der Waals surface area (Å²) in [4.78, 5) is 24.8. The number of thioether (sulfide) groups is 1. The maximum absolute atomic E-state index is 12.0. The number of hydrogen-bond acceptors (Lipinski definition) is 4. The third-order valence-corrected chi connectivity index (χ3v) is 4.52. The molecule has 0 bridgehead atoms. The summed E-state index contributed by atoms with van der Waals surface area (Å²) < 4.78 is 5.06. The van der Waals surface area contributed by atoms with Crippen LogP contribution in [0, 0.1) is 0 Å². The van der Waals surface area contributed by atoms with E-state index in [-0.39, 0.29) is 11.9 Å². The number of amides is 1. The number of benzene rings is 2. The second-order valence-electron chi connectivity index (χ2n) is 5.31. The first-order valence-corrected chi connectivity index (χ1v) is 9.40. The molecule has 0 radical (unpaired) electrons. The van der Waals surface area contributed by atoms with E-state index in [9.17, 15) is 9.59 Å². The molecule has 6 heteroatoms. The van der Waals surface area contributed by atoms with Crippen molar-refractivity contribution in [3.63, 3.8) is 0 Å². The Balaban J connectivity index is 1.76. The molecule has 0 atom stereocenters. The van der Waals surface area contributed by atoms with Gasteiger partial charge in [-0.05, 0) is 55.0 Å². The van der Waals surface area contributed by atoms with Gasteiger partial charge in [-0.3, -0.25) is 4.79 Å². The lowest BCUT2D eigenvalue weighted by molar-refractivity contribution is -0.115. The number of nitrogens with one attached hydrogen (secondary N) is 1. The molecule has 0 spiro atoms. The van der Waals surface area contributed by atoms with Crippen LogP contribution in [0.2, 0.25) is 5.02 Å². The van der Waals surface area contributed by atoms with Crippen molar-refractivity contribution in [1.29, 1.82) is 0 Å². The summed E-state index contributed by atoms with van der Waals surface area (Å²) in [5.74, 6) is 0.261. The summed E-state index contributed by atoms with van der Waals surface area (Å²) in [6.07, 6.45) is 1.18. The molecule has 1 N–H and O–H groups in total. The van der Waals surface area contributed by atoms with Crippen molar-refractivity contribution in [2.75, 3.05) is 17.7 Å². The quantitative estimate of drug-likeness (QED) is 0.518. The largest absolute Gasteiger partial charge is 0.462 e. The summed E-state index contributed by atoms with van der Waals surface area (Å²) in [7, 11) is 0. The van der Waals surface area contributed by atoms with E-state index in [0.29, 0.717) is 35.1 Å². The van der Waals surface area contributed by atoms with Crippen LogP contribution in [0.4, 0.5) is 5.69 Å². The van der Waals surface area contributed by atoms with E-state index in [1.165, 1.54) is 0 Å². The van der Waals surface area contributed by atoms with Gasteiger partial charge in [0.1, 0.15) is 0 Å². The highest BCUT2D eigenvalue weighted by Crippen LogP contribution is 2.21. The Kier molecular flexibility index (Phi) is 7.82. The smallest absolute Gasteiger partial charge is 0.338 e. The number of carbonyl (C=O) groups excluding carboxylic acids is 2. The third kappa shape index (κ3) is 6.80. The first kappa shape index (κ1) is 19.3. The fraction of sp³-hybridized carbons (Fsp3) is 0.263. The zero-order valence-corrected chi connectivity index (χ0v) is 15.5.